The van der Waals surface area contributed by atoms with Gasteiger partial charge in [0, 0.05) is 10.8 Å². The first-order valence-electron chi connectivity index (χ1n) is 8.69. The van der Waals surface area contributed by atoms with Crippen molar-refractivity contribution in [1.29, 1.82) is 0 Å². The van der Waals surface area contributed by atoms with E-state index in [0.717, 1.165) is 0 Å². The topological polar surface area (TPSA) is 134 Å². The van der Waals surface area contributed by atoms with Crippen LogP contribution in [0.1, 0.15) is 27.7 Å². The van der Waals surface area contributed by atoms with Crippen molar-refractivity contribution in [3.63, 3.8) is 0 Å². The van der Waals surface area contributed by atoms with Crippen LogP contribution in [0.4, 0.5) is 0 Å². The Morgan fingerprint density at radius 1 is 1.00 bits per heavy atom. The summed E-state index contributed by atoms with van der Waals surface area (Å²) in [7, 11) is -4.30. The van der Waals surface area contributed by atoms with E-state index in [1.54, 1.807) is 19.9 Å². The van der Waals surface area contributed by atoms with E-state index in [4.69, 9.17) is 8.92 Å². The lowest BCUT2D eigenvalue weighted by atomic mass is 9.92. The normalized spacial score (nSPS) is 46.7. The van der Waals surface area contributed by atoms with Crippen LogP contribution in [0, 0.1) is 10.8 Å². The zero-order chi connectivity index (χ0) is 20.3. The van der Waals surface area contributed by atoms with Gasteiger partial charge >= 0.3 is 0 Å². The fraction of sp³-hybridized carbons (Fsp3) is 0.667. The predicted octanol–water partition coefficient (Wildman–Crippen LogP) is -0.249. The summed E-state index contributed by atoms with van der Waals surface area (Å²) in [4.78, 5) is -0.131. The van der Waals surface area contributed by atoms with Gasteiger partial charge in [0.15, 0.2) is 5.60 Å². The minimum absolute atomic E-state index is 0.131. The second-order valence-electron chi connectivity index (χ2n) is 8.82. The Hall–Kier alpha value is -1.07. The highest BCUT2D eigenvalue weighted by Gasteiger charge is 2.98. The van der Waals surface area contributed by atoms with Gasteiger partial charge in [-0.1, -0.05) is 45.9 Å². The zero-order valence-corrected chi connectivity index (χ0v) is 16.3. The molecule has 3 aliphatic rings. The van der Waals surface area contributed by atoms with E-state index in [1.807, 2.05) is 0 Å². The Kier molecular flexibility index (Phi) is 3.50. The number of aliphatic hydroxyl groups is 4. The quantitative estimate of drug-likeness (QED) is 0.509. The zero-order valence-electron chi connectivity index (χ0n) is 15.4. The van der Waals surface area contributed by atoms with Crippen LogP contribution in [0.5, 0.6) is 0 Å². The Morgan fingerprint density at radius 2 is 1.52 bits per heavy atom. The van der Waals surface area contributed by atoms with Gasteiger partial charge < -0.3 is 25.2 Å². The highest BCUT2D eigenvalue weighted by molar-refractivity contribution is 7.86. The molecule has 1 aromatic carbocycles. The maximum Gasteiger partial charge on any atom is 0.299 e. The van der Waals surface area contributed by atoms with Crippen LogP contribution < -0.4 is 0 Å². The minimum atomic E-state index is -4.30. The molecule has 2 saturated carbocycles. The average Bonchev–Trinajstić information content (AvgIpc) is 3.07. The van der Waals surface area contributed by atoms with Crippen molar-refractivity contribution in [3.8, 4) is 0 Å². The van der Waals surface area contributed by atoms with Gasteiger partial charge in [-0.15, -0.1) is 0 Å². The predicted molar refractivity (Wildman–Crippen MR) is 91.8 cm³/mol. The molecule has 2 unspecified atom stereocenters. The molecule has 1 saturated heterocycles. The maximum absolute atomic E-state index is 12.6. The fourth-order valence-electron chi connectivity index (χ4n) is 4.72. The molecular formula is C18H24O8S. The summed E-state index contributed by atoms with van der Waals surface area (Å²) in [6, 6.07) is 7.34. The first-order valence-corrected chi connectivity index (χ1v) is 10.1. The van der Waals surface area contributed by atoms with Gasteiger partial charge in [-0.25, -0.2) is 4.18 Å². The number of fused-ring (bicyclic) bond motifs is 1. The Morgan fingerprint density at radius 3 is 2.00 bits per heavy atom. The molecule has 3 fully saturated rings. The third-order valence-corrected chi connectivity index (χ3v) is 8.38. The lowest BCUT2D eigenvalue weighted by Crippen LogP contribution is -2.48. The first kappa shape index (κ1) is 19.3. The van der Waals surface area contributed by atoms with Crippen molar-refractivity contribution < 1.29 is 37.8 Å². The molecule has 1 heterocycles. The first-order chi connectivity index (χ1) is 12.2. The minimum Gasteiger partial charge on any atom is -0.389 e. The molecule has 1 aliphatic heterocycles. The van der Waals surface area contributed by atoms with Gasteiger partial charge in [-0.3, -0.25) is 0 Å². The van der Waals surface area contributed by atoms with Crippen LogP contribution in [0.3, 0.4) is 0 Å². The molecule has 9 heteroatoms. The Labute approximate surface area is 157 Å². The summed E-state index contributed by atoms with van der Waals surface area (Å²) in [5.74, 6) is 0. The van der Waals surface area contributed by atoms with Gasteiger partial charge in [0.2, 0.25) is 6.29 Å². The second-order valence-corrected chi connectivity index (χ2v) is 10.4. The molecule has 6 atom stereocenters. The lowest BCUT2D eigenvalue weighted by Gasteiger charge is -2.31. The van der Waals surface area contributed by atoms with Crippen molar-refractivity contribution in [2.24, 2.45) is 10.8 Å². The molecule has 0 bridgehead atoms. The SMILES string of the molecule is CC1(C)C(O)[C@@]1(O)[C@H]1OC(OS(=O)(=O)c2ccccc2)[C@]2(O)C(C)(C)[C@]12O. The van der Waals surface area contributed by atoms with Crippen LogP contribution in [-0.4, -0.2) is 64.1 Å². The molecular weight excluding hydrogens is 376 g/mol. The largest absolute Gasteiger partial charge is 0.389 e. The molecule has 1 aromatic rings. The summed E-state index contributed by atoms with van der Waals surface area (Å²) in [6.45, 7) is 6.24. The van der Waals surface area contributed by atoms with Crippen molar-refractivity contribution in [3.05, 3.63) is 30.3 Å². The molecule has 8 nitrogen and oxygen atoms in total. The van der Waals surface area contributed by atoms with E-state index in [9.17, 15) is 28.8 Å². The van der Waals surface area contributed by atoms with Gasteiger partial charge in [-0.2, -0.15) is 8.42 Å². The number of hydrogen-bond acceptors (Lipinski definition) is 8. The van der Waals surface area contributed by atoms with Crippen LogP contribution in [-0.2, 0) is 19.0 Å². The van der Waals surface area contributed by atoms with Crippen LogP contribution in [0.15, 0.2) is 35.2 Å². The molecule has 4 rings (SSSR count). The van der Waals surface area contributed by atoms with E-state index < -0.39 is 56.2 Å². The third-order valence-electron chi connectivity index (χ3n) is 7.10. The van der Waals surface area contributed by atoms with Crippen LogP contribution >= 0.6 is 0 Å². The van der Waals surface area contributed by atoms with E-state index in [2.05, 4.69) is 0 Å². The monoisotopic (exact) mass is 400 g/mol. The van der Waals surface area contributed by atoms with Crippen molar-refractivity contribution >= 4 is 10.1 Å². The summed E-state index contributed by atoms with van der Waals surface area (Å²) in [5, 5.41) is 43.4. The Bertz CT molecular complexity index is 897. The van der Waals surface area contributed by atoms with Gasteiger partial charge in [0.25, 0.3) is 10.1 Å². The van der Waals surface area contributed by atoms with Crippen molar-refractivity contribution in [1.82, 2.24) is 0 Å². The molecule has 0 spiro atoms. The highest BCUT2D eigenvalue weighted by atomic mass is 32.2. The van der Waals surface area contributed by atoms with Crippen LogP contribution in [0.2, 0.25) is 0 Å². The third kappa shape index (κ3) is 1.86. The molecule has 0 aromatic heterocycles. The summed E-state index contributed by atoms with van der Waals surface area (Å²) in [6.07, 6.45) is -4.37. The number of hydrogen-bond donors (Lipinski definition) is 4. The smallest absolute Gasteiger partial charge is 0.299 e. The molecule has 27 heavy (non-hydrogen) atoms. The summed E-state index contributed by atoms with van der Waals surface area (Å²) >= 11 is 0. The summed E-state index contributed by atoms with van der Waals surface area (Å²) in [5.41, 5.74) is -8.13. The number of aliphatic hydroxyl groups excluding tert-OH is 1. The number of benzene rings is 1. The van der Waals surface area contributed by atoms with Crippen LogP contribution in [0.25, 0.3) is 0 Å². The summed E-state index contributed by atoms with van der Waals surface area (Å²) < 4.78 is 35.8. The van der Waals surface area contributed by atoms with Gasteiger partial charge in [0.1, 0.15) is 17.3 Å². The van der Waals surface area contributed by atoms with Crippen molar-refractivity contribution in [2.45, 2.75) is 67.9 Å². The fourth-order valence-corrected chi connectivity index (χ4v) is 5.74. The average molecular weight is 400 g/mol. The molecule has 150 valence electrons. The maximum atomic E-state index is 12.6. The standard InChI is InChI=1S/C18H24O8S/c1-14(2)11(19)16(14,20)12-17(21)15(3,4)18(17,22)13(25-12)26-27(23,24)10-8-6-5-7-9-10/h5-9,11-13,19-22H,1-4H3/t11?,12-,13?,16-,17-,18+/m1/s1. The van der Waals surface area contributed by atoms with E-state index in [-0.39, 0.29) is 4.90 Å². The van der Waals surface area contributed by atoms with Gasteiger partial charge in [-0.05, 0) is 12.1 Å². The molecule has 4 N–H and O–H groups in total. The number of rotatable bonds is 4. The molecule has 2 aliphatic carbocycles. The van der Waals surface area contributed by atoms with E-state index in [1.165, 1.54) is 38.1 Å². The number of ether oxygens (including phenoxy) is 1. The molecule has 0 radical (unpaired) electrons. The van der Waals surface area contributed by atoms with E-state index in [0.29, 0.717) is 0 Å². The highest BCUT2D eigenvalue weighted by Crippen LogP contribution is 2.77. The molecule has 0 amide bonds. The second kappa shape index (κ2) is 4.91. The Balaban J connectivity index is 1.71. The van der Waals surface area contributed by atoms with E-state index >= 15 is 0 Å². The lowest BCUT2D eigenvalue weighted by molar-refractivity contribution is -0.198. The van der Waals surface area contributed by atoms with Gasteiger partial charge in [0.05, 0.1) is 11.0 Å². The van der Waals surface area contributed by atoms with Crippen molar-refractivity contribution in [2.75, 3.05) is 0 Å².